The van der Waals surface area contributed by atoms with Gasteiger partial charge in [-0.1, -0.05) is 24.3 Å². The molecule has 0 saturated carbocycles. The lowest BCUT2D eigenvalue weighted by molar-refractivity contribution is 0.122. The topological polar surface area (TPSA) is 101 Å². The van der Waals surface area contributed by atoms with Gasteiger partial charge in [0.05, 0.1) is 13.2 Å². The Hall–Kier alpha value is -3.91. The molecule has 0 radical (unpaired) electrons. The number of pyridine rings is 1. The molecule has 5 rings (SSSR count). The number of rotatable bonds is 5. The van der Waals surface area contributed by atoms with E-state index in [0.29, 0.717) is 11.6 Å². The summed E-state index contributed by atoms with van der Waals surface area (Å²) in [6, 6.07) is 20.1. The highest BCUT2D eigenvalue weighted by atomic mass is 16.5. The summed E-state index contributed by atoms with van der Waals surface area (Å²) in [5, 5.41) is 8.68. The van der Waals surface area contributed by atoms with E-state index >= 15 is 0 Å². The molecule has 156 valence electrons. The quantitative estimate of drug-likeness (QED) is 0.452. The van der Waals surface area contributed by atoms with Crippen molar-refractivity contribution in [3.63, 3.8) is 0 Å². The maximum atomic E-state index is 5.96. The molecule has 8 nitrogen and oxygen atoms in total. The molecular weight excluding hydrogens is 390 g/mol. The highest BCUT2D eigenvalue weighted by Gasteiger charge is 2.11. The van der Waals surface area contributed by atoms with Crippen molar-refractivity contribution in [3.8, 4) is 0 Å². The minimum Gasteiger partial charge on any atom is -0.378 e. The van der Waals surface area contributed by atoms with Crippen molar-refractivity contribution in [2.24, 2.45) is 0 Å². The molecule has 1 fully saturated rings. The fraction of sp³-hybridized carbons (Fsp3) is 0.174. The van der Waals surface area contributed by atoms with Crippen LogP contribution in [0.4, 0.5) is 34.8 Å². The van der Waals surface area contributed by atoms with Gasteiger partial charge in [0.1, 0.15) is 17.5 Å². The summed E-state index contributed by atoms with van der Waals surface area (Å²) >= 11 is 0. The molecule has 8 heteroatoms. The van der Waals surface area contributed by atoms with Gasteiger partial charge in [-0.2, -0.15) is 9.97 Å². The van der Waals surface area contributed by atoms with Gasteiger partial charge in [0.25, 0.3) is 0 Å². The van der Waals surface area contributed by atoms with E-state index < -0.39 is 0 Å². The average Bonchev–Trinajstić information content (AvgIpc) is 2.80. The molecule has 1 aliphatic rings. The highest BCUT2D eigenvalue weighted by Crippen LogP contribution is 2.26. The standard InChI is InChI=1S/C23H23N7O/c24-23-28-20(26-17-5-7-18(8-6-17)30-11-13-31-14-12-30)15-21(29-23)27-22-19-4-2-1-3-16(19)9-10-25-22/h1-10,15H,11-14H2,(H4,24,25,26,27,28,29). The molecule has 0 spiro atoms. The minimum absolute atomic E-state index is 0.178. The summed E-state index contributed by atoms with van der Waals surface area (Å²) in [4.78, 5) is 15.4. The summed E-state index contributed by atoms with van der Waals surface area (Å²) in [5.41, 5.74) is 8.06. The van der Waals surface area contributed by atoms with Crippen LogP contribution in [0.5, 0.6) is 0 Å². The number of benzene rings is 2. The third-order valence-electron chi connectivity index (χ3n) is 5.18. The largest absolute Gasteiger partial charge is 0.378 e. The average molecular weight is 413 g/mol. The maximum Gasteiger partial charge on any atom is 0.223 e. The Morgan fingerprint density at radius 3 is 2.42 bits per heavy atom. The molecule has 3 heterocycles. The lowest BCUT2D eigenvalue weighted by Gasteiger charge is -2.28. The molecule has 2 aromatic carbocycles. The molecule has 1 aliphatic heterocycles. The number of hydrogen-bond acceptors (Lipinski definition) is 8. The predicted octanol–water partition coefficient (Wildman–Crippen LogP) is 3.93. The van der Waals surface area contributed by atoms with Gasteiger partial charge in [0.2, 0.25) is 5.95 Å². The second-order valence-corrected chi connectivity index (χ2v) is 7.27. The first-order valence-electron chi connectivity index (χ1n) is 10.2. The molecule has 0 amide bonds. The Labute approximate surface area is 180 Å². The van der Waals surface area contributed by atoms with Crippen LogP contribution in [0.3, 0.4) is 0 Å². The van der Waals surface area contributed by atoms with Gasteiger partial charge in [-0.15, -0.1) is 0 Å². The second kappa shape index (κ2) is 8.45. The zero-order valence-electron chi connectivity index (χ0n) is 17.0. The van der Waals surface area contributed by atoms with E-state index in [1.807, 2.05) is 48.5 Å². The van der Waals surface area contributed by atoms with Crippen LogP contribution >= 0.6 is 0 Å². The zero-order chi connectivity index (χ0) is 21.0. The van der Waals surface area contributed by atoms with Crippen molar-refractivity contribution in [2.45, 2.75) is 0 Å². The summed E-state index contributed by atoms with van der Waals surface area (Å²) in [5.74, 6) is 2.08. The van der Waals surface area contributed by atoms with E-state index in [1.54, 1.807) is 6.20 Å². The van der Waals surface area contributed by atoms with Gasteiger partial charge in [0.15, 0.2) is 0 Å². The smallest absolute Gasteiger partial charge is 0.223 e. The van der Waals surface area contributed by atoms with Crippen LogP contribution in [0.2, 0.25) is 0 Å². The number of hydrogen-bond donors (Lipinski definition) is 3. The Kier molecular flexibility index (Phi) is 5.20. The van der Waals surface area contributed by atoms with Crippen LogP contribution in [0, 0.1) is 0 Å². The molecule has 4 N–H and O–H groups in total. The number of ether oxygens (including phenoxy) is 1. The first-order chi connectivity index (χ1) is 15.2. The van der Waals surface area contributed by atoms with Crippen molar-refractivity contribution in [3.05, 3.63) is 66.9 Å². The number of fused-ring (bicyclic) bond motifs is 1. The predicted molar refractivity (Wildman–Crippen MR) is 124 cm³/mol. The number of nitrogens with one attached hydrogen (secondary N) is 2. The van der Waals surface area contributed by atoms with E-state index in [4.69, 9.17) is 10.5 Å². The fourth-order valence-electron chi connectivity index (χ4n) is 3.66. The zero-order valence-corrected chi connectivity index (χ0v) is 17.0. The molecule has 0 bridgehead atoms. The Morgan fingerprint density at radius 2 is 1.61 bits per heavy atom. The van der Waals surface area contributed by atoms with Crippen molar-refractivity contribution in [1.29, 1.82) is 0 Å². The second-order valence-electron chi connectivity index (χ2n) is 7.27. The summed E-state index contributed by atoms with van der Waals surface area (Å²) < 4.78 is 5.42. The lowest BCUT2D eigenvalue weighted by atomic mass is 10.1. The molecular formula is C23H23N7O. The van der Waals surface area contributed by atoms with E-state index in [9.17, 15) is 0 Å². The van der Waals surface area contributed by atoms with Crippen LogP contribution < -0.4 is 21.3 Å². The Balaban J connectivity index is 1.35. The van der Waals surface area contributed by atoms with Crippen molar-refractivity contribution >= 4 is 45.5 Å². The normalized spacial score (nSPS) is 13.9. The SMILES string of the molecule is Nc1nc(Nc2ccc(N3CCOCC3)cc2)cc(Nc2nccc3ccccc23)n1. The van der Waals surface area contributed by atoms with Crippen LogP contribution in [0.25, 0.3) is 10.8 Å². The molecule has 1 saturated heterocycles. The van der Waals surface area contributed by atoms with E-state index in [1.165, 1.54) is 5.69 Å². The monoisotopic (exact) mass is 413 g/mol. The number of morpholine rings is 1. The Morgan fingerprint density at radius 1 is 0.871 bits per heavy atom. The van der Waals surface area contributed by atoms with Crippen LogP contribution in [-0.4, -0.2) is 41.3 Å². The van der Waals surface area contributed by atoms with Crippen LogP contribution in [-0.2, 0) is 4.74 Å². The maximum absolute atomic E-state index is 5.96. The van der Waals surface area contributed by atoms with Gasteiger partial charge in [-0.05, 0) is 35.7 Å². The van der Waals surface area contributed by atoms with Crippen molar-refractivity contribution in [1.82, 2.24) is 15.0 Å². The van der Waals surface area contributed by atoms with E-state index in [0.717, 1.165) is 48.6 Å². The van der Waals surface area contributed by atoms with Gasteiger partial charge >= 0.3 is 0 Å². The number of aromatic nitrogens is 3. The van der Waals surface area contributed by atoms with Gasteiger partial charge in [-0.3, -0.25) is 0 Å². The molecule has 4 aromatic rings. The van der Waals surface area contributed by atoms with Gasteiger partial charge in [0, 0.05) is 42.1 Å². The number of nitrogen functional groups attached to an aromatic ring is 1. The number of nitrogens with zero attached hydrogens (tertiary/aromatic N) is 4. The van der Waals surface area contributed by atoms with Gasteiger partial charge < -0.3 is 26.0 Å². The first kappa shape index (κ1) is 19.1. The molecule has 0 unspecified atom stereocenters. The molecule has 0 aliphatic carbocycles. The van der Waals surface area contributed by atoms with E-state index in [-0.39, 0.29) is 5.95 Å². The Bertz CT molecular complexity index is 1180. The number of nitrogens with two attached hydrogens (primary N) is 1. The molecule has 0 atom stereocenters. The van der Waals surface area contributed by atoms with E-state index in [2.05, 4.69) is 42.6 Å². The summed E-state index contributed by atoms with van der Waals surface area (Å²) in [7, 11) is 0. The highest BCUT2D eigenvalue weighted by molar-refractivity contribution is 5.93. The summed E-state index contributed by atoms with van der Waals surface area (Å²) in [6.07, 6.45) is 1.77. The molecule has 2 aromatic heterocycles. The van der Waals surface area contributed by atoms with Crippen molar-refractivity contribution < 1.29 is 4.74 Å². The number of anilines is 6. The first-order valence-corrected chi connectivity index (χ1v) is 10.2. The van der Waals surface area contributed by atoms with Crippen LogP contribution in [0.15, 0.2) is 66.9 Å². The third-order valence-corrected chi connectivity index (χ3v) is 5.18. The molecule has 31 heavy (non-hydrogen) atoms. The minimum atomic E-state index is 0.178. The fourth-order valence-corrected chi connectivity index (χ4v) is 3.66. The third kappa shape index (κ3) is 4.34. The lowest BCUT2D eigenvalue weighted by Crippen LogP contribution is -2.36. The van der Waals surface area contributed by atoms with Crippen LogP contribution in [0.1, 0.15) is 0 Å². The summed E-state index contributed by atoms with van der Waals surface area (Å²) in [6.45, 7) is 3.35. The van der Waals surface area contributed by atoms with Gasteiger partial charge in [-0.25, -0.2) is 4.98 Å². The van der Waals surface area contributed by atoms with Crippen molar-refractivity contribution in [2.75, 3.05) is 47.6 Å².